The Morgan fingerprint density at radius 2 is 2.08 bits per heavy atom. The zero-order chi connectivity index (χ0) is 9.90. The largest absolute Gasteiger partial charge is 0.433 e. The van der Waals surface area contributed by atoms with Crippen molar-refractivity contribution in [3.05, 3.63) is 24.0 Å². The van der Waals surface area contributed by atoms with Crippen molar-refractivity contribution < 1.29 is 13.2 Å². The van der Waals surface area contributed by atoms with E-state index in [0.717, 1.165) is 18.3 Å². The number of aromatic nitrogens is 1. The first-order valence-electron chi connectivity index (χ1n) is 3.22. The predicted molar refractivity (Wildman–Crippen MR) is 38.5 cm³/mol. The molecular formula is C7H4F3N3. The molecule has 0 saturated heterocycles. The molecule has 0 radical (unpaired) electrons. The molecular weight excluding hydrogens is 183 g/mol. The summed E-state index contributed by atoms with van der Waals surface area (Å²) < 4.78 is 35.9. The Hall–Kier alpha value is -1.77. The van der Waals surface area contributed by atoms with Gasteiger partial charge < -0.3 is 0 Å². The molecule has 0 spiro atoms. The Balaban J connectivity index is 2.89. The summed E-state index contributed by atoms with van der Waals surface area (Å²) in [6.07, 6.45) is -1.92. The molecule has 1 rings (SSSR count). The van der Waals surface area contributed by atoms with Gasteiger partial charge in [0.15, 0.2) is 6.19 Å². The fourth-order valence-corrected chi connectivity index (χ4v) is 0.700. The van der Waals surface area contributed by atoms with E-state index < -0.39 is 11.9 Å². The number of hydrogen-bond donors (Lipinski definition) is 1. The lowest BCUT2D eigenvalue weighted by Crippen LogP contribution is -2.07. The second-order valence-corrected chi connectivity index (χ2v) is 2.17. The molecule has 0 aromatic carbocycles. The number of hydrogen-bond acceptors (Lipinski definition) is 3. The zero-order valence-corrected chi connectivity index (χ0v) is 6.26. The van der Waals surface area contributed by atoms with Gasteiger partial charge in [0.25, 0.3) is 0 Å². The van der Waals surface area contributed by atoms with Gasteiger partial charge >= 0.3 is 6.18 Å². The average Bonchev–Trinajstić information content (AvgIpc) is 2.04. The quantitative estimate of drug-likeness (QED) is 0.540. The zero-order valence-electron chi connectivity index (χ0n) is 6.26. The number of rotatable bonds is 1. The molecule has 0 saturated carbocycles. The Kier molecular flexibility index (Phi) is 2.37. The van der Waals surface area contributed by atoms with Crippen LogP contribution in [0.2, 0.25) is 0 Å². The second kappa shape index (κ2) is 3.31. The summed E-state index contributed by atoms with van der Waals surface area (Å²) >= 11 is 0. The van der Waals surface area contributed by atoms with Crippen molar-refractivity contribution in [2.75, 3.05) is 5.32 Å². The van der Waals surface area contributed by atoms with E-state index in [-0.39, 0.29) is 5.69 Å². The minimum Gasteiger partial charge on any atom is -0.291 e. The Morgan fingerprint density at radius 3 is 2.46 bits per heavy atom. The first-order valence-corrected chi connectivity index (χ1v) is 3.22. The fourth-order valence-electron chi connectivity index (χ4n) is 0.700. The molecule has 3 nitrogen and oxygen atoms in total. The van der Waals surface area contributed by atoms with Crippen LogP contribution < -0.4 is 5.32 Å². The summed E-state index contributed by atoms with van der Waals surface area (Å²) in [6.45, 7) is 0. The molecule has 68 valence electrons. The van der Waals surface area contributed by atoms with Crippen LogP contribution in [0.25, 0.3) is 0 Å². The summed E-state index contributed by atoms with van der Waals surface area (Å²) in [5, 5.41) is 10.3. The summed E-state index contributed by atoms with van der Waals surface area (Å²) in [5.41, 5.74) is -0.744. The molecule has 6 heteroatoms. The van der Waals surface area contributed by atoms with Crippen molar-refractivity contribution in [2.45, 2.75) is 6.18 Å². The molecule has 0 aliphatic heterocycles. The van der Waals surface area contributed by atoms with Crippen molar-refractivity contribution in [3.8, 4) is 6.19 Å². The normalized spacial score (nSPS) is 10.6. The highest BCUT2D eigenvalue weighted by Crippen LogP contribution is 2.27. The smallest absolute Gasteiger partial charge is 0.291 e. The molecule has 0 amide bonds. The lowest BCUT2D eigenvalue weighted by atomic mass is 10.3. The van der Waals surface area contributed by atoms with E-state index in [0.29, 0.717) is 0 Å². The van der Waals surface area contributed by atoms with Gasteiger partial charge in [0.05, 0.1) is 11.9 Å². The Morgan fingerprint density at radius 1 is 1.38 bits per heavy atom. The SMILES string of the molecule is N#CNc1ccc(C(F)(F)F)nc1. The van der Waals surface area contributed by atoms with Gasteiger partial charge in [0.1, 0.15) is 5.69 Å². The molecule has 1 heterocycles. The third-order valence-corrected chi connectivity index (χ3v) is 1.25. The number of anilines is 1. The van der Waals surface area contributed by atoms with Crippen LogP contribution in [0.3, 0.4) is 0 Å². The van der Waals surface area contributed by atoms with Gasteiger partial charge in [0.2, 0.25) is 0 Å². The molecule has 1 aromatic heterocycles. The lowest BCUT2D eigenvalue weighted by Gasteiger charge is -2.04. The third kappa shape index (κ3) is 2.33. The van der Waals surface area contributed by atoms with E-state index in [4.69, 9.17) is 5.26 Å². The molecule has 13 heavy (non-hydrogen) atoms. The van der Waals surface area contributed by atoms with E-state index in [1.54, 1.807) is 6.19 Å². The second-order valence-electron chi connectivity index (χ2n) is 2.17. The number of nitrogens with one attached hydrogen (secondary N) is 1. The topological polar surface area (TPSA) is 48.7 Å². The Labute approximate surface area is 71.8 Å². The Bertz CT molecular complexity index is 322. The first kappa shape index (κ1) is 9.32. The van der Waals surface area contributed by atoms with E-state index in [1.165, 1.54) is 0 Å². The minimum atomic E-state index is -4.44. The van der Waals surface area contributed by atoms with Gasteiger partial charge in [-0.05, 0) is 12.1 Å². The monoisotopic (exact) mass is 187 g/mol. The number of halogens is 3. The standard InChI is InChI=1S/C7H4F3N3/c8-7(9,10)6-2-1-5(3-12-6)13-4-11/h1-3,13H. The summed E-state index contributed by atoms with van der Waals surface area (Å²) in [6, 6.07) is 1.94. The van der Waals surface area contributed by atoms with Crippen LogP contribution in [0.1, 0.15) is 5.69 Å². The minimum absolute atomic E-state index is 0.232. The molecule has 0 unspecified atom stereocenters. The van der Waals surface area contributed by atoms with E-state index in [9.17, 15) is 13.2 Å². The number of alkyl halides is 3. The van der Waals surface area contributed by atoms with Crippen LogP contribution in [0, 0.1) is 11.5 Å². The van der Waals surface area contributed by atoms with Crippen LogP contribution >= 0.6 is 0 Å². The maximum Gasteiger partial charge on any atom is 0.433 e. The predicted octanol–water partition coefficient (Wildman–Crippen LogP) is 1.99. The summed E-state index contributed by atoms with van der Waals surface area (Å²) in [4.78, 5) is 3.13. The van der Waals surface area contributed by atoms with Crippen LogP contribution in [0.5, 0.6) is 0 Å². The highest BCUT2D eigenvalue weighted by Gasteiger charge is 2.31. The fraction of sp³-hybridized carbons (Fsp3) is 0.143. The molecule has 1 aromatic rings. The highest BCUT2D eigenvalue weighted by molar-refractivity contribution is 5.44. The number of nitrogens with zero attached hydrogens (tertiary/aromatic N) is 2. The van der Waals surface area contributed by atoms with Crippen molar-refractivity contribution >= 4 is 5.69 Å². The van der Waals surface area contributed by atoms with Crippen molar-refractivity contribution in [3.63, 3.8) is 0 Å². The molecule has 0 aliphatic carbocycles. The number of nitriles is 1. The molecule has 0 aliphatic rings. The number of pyridine rings is 1. The average molecular weight is 187 g/mol. The van der Waals surface area contributed by atoms with Crippen molar-refractivity contribution in [1.29, 1.82) is 5.26 Å². The van der Waals surface area contributed by atoms with Gasteiger partial charge in [-0.25, -0.2) is 4.98 Å². The van der Waals surface area contributed by atoms with Gasteiger partial charge in [-0.2, -0.15) is 18.4 Å². The third-order valence-electron chi connectivity index (χ3n) is 1.25. The molecule has 0 fully saturated rings. The van der Waals surface area contributed by atoms with E-state index >= 15 is 0 Å². The molecule has 1 N–H and O–H groups in total. The van der Waals surface area contributed by atoms with Gasteiger partial charge in [-0.15, -0.1) is 0 Å². The van der Waals surface area contributed by atoms with Crippen molar-refractivity contribution in [1.82, 2.24) is 4.98 Å². The summed E-state index contributed by atoms with van der Waals surface area (Å²) in [7, 11) is 0. The van der Waals surface area contributed by atoms with Gasteiger partial charge in [-0.1, -0.05) is 0 Å². The van der Waals surface area contributed by atoms with E-state index in [2.05, 4.69) is 10.3 Å². The van der Waals surface area contributed by atoms with E-state index in [1.807, 2.05) is 0 Å². The van der Waals surface area contributed by atoms with Gasteiger partial charge in [0, 0.05) is 0 Å². The van der Waals surface area contributed by atoms with Crippen molar-refractivity contribution in [2.24, 2.45) is 0 Å². The lowest BCUT2D eigenvalue weighted by molar-refractivity contribution is -0.141. The molecule has 0 bridgehead atoms. The maximum atomic E-state index is 12.0. The van der Waals surface area contributed by atoms with Gasteiger partial charge in [-0.3, -0.25) is 5.32 Å². The van der Waals surface area contributed by atoms with Crippen LogP contribution in [-0.4, -0.2) is 4.98 Å². The van der Waals surface area contributed by atoms with Crippen LogP contribution in [-0.2, 0) is 6.18 Å². The van der Waals surface area contributed by atoms with Crippen LogP contribution in [0.4, 0.5) is 18.9 Å². The first-order chi connectivity index (χ1) is 6.04. The van der Waals surface area contributed by atoms with Crippen LogP contribution in [0.15, 0.2) is 18.3 Å². The highest BCUT2D eigenvalue weighted by atomic mass is 19.4. The maximum absolute atomic E-state index is 12.0. The molecule has 0 atom stereocenters. The summed E-state index contributed by atoms with van der Waals surface area (Å²) in [5.74, 6) is 0.